The lowest BCUT2D eigenvalue weighted by molar-refractivity contribution is -0.128. The van der Waals surface area contributed by atoms with Crippen molar-refractivity contribution >= 4 is 29.1 Å². The van der Waals surface area contributed by atoms with E-state index in [4.69, 9.17) is 27.7 Å². The maximum atomic E-state index is 12.4. The van der Waals surface area contributed by atoms with Crippen molar-refractivity contribution in [2.24, 2.45) is 0 Å². The summed E-state index contributed by atoms with van der Waals surface area (Å²) in [6.07, 6.45) is 0.370. The summed E-state index contributed by atoms with van der Waals surface area (Å²) >= 11 is 12.0. The van der Waals surface area contributed by atoms with Crippen molar-refractivity contribution in [3.8, 4) is 11.5 Å². The molecule has 0 aliphatic carbocycles. The summed E-state index contributed by atoms with van der Waals surface area (Å²) < 4.78 is 5.36. The van der Waals surface area contributed by atoms with Gasteiger partial charge in [-0.05, 0) is 35.9 Å². The summed E-state index contributed by atoms with van der Waals surface area (Å²) in [6.45, 7) is 1.08. The predicted octanol–water partition coefficient (Wildman–Crippen LogP) is 4.56. The first-order valence-electron chi connectivity index (χ1n) is 8.20. The van der Waals surface area contributed by atoms with E-state index in [1.165, 1.54) is 0 Å². The molecule has 0 spiro atoms. The van der Waals surface area contributed by atoms with Crippen molar-refractivity contribution in [3.05, 3.63) is 70.0 Å². The molecule has 0 N–H and O–H groups in total. The molecule has 1 amide bonds. The van der Waals surface area contributed by atoms with E-state index in [2.05, 4.69) is 10.1 Å². The highest BCUT2D eigenvalue weighted by molar-refractivity contribution is 6.31. The summed E-state index contributed by atoms with van der Waals surface area (Å²) in [7, 11) is 0. The molecule has 1 saturated heterocycles. The van der Waals surface area contributed by atoms with Crippen LogP contribution in [-0.4, -0.2) is 27.5 Å². The highest BCUT2D eigenvalue weighted by atomic mass is 35.5. The Morgan fingerprint density at radius 2 is 1.88 bits per heavy atom. The predicted molar refractivity (Wildman–Crippen MR) is 99.0 cm³/mol. The van der Waals surface area contributed by atoms with Crippen LogP contribution in [-0.2, 0) is 11.3 Å². The van der Waals surface area contributed by atoms with Crippen LogP contribution in [0.1, 0.15) is 23.7 Å². The molecule has 5 nitrogen and oxygen atoms in total. The van der Waals surface area contributed by atoms with E-state index in [0.717, 1.165) is 11.1 Å². The SMILES string of the molecule is O=C1CC(c2noc(-c3cccc(Cl)c3)n2)CN1Cc1cccc(Cl)c1. The zero-order valence-electron chi connectivity index (χ0n) is 13.7. The maximum absolute atomic E-state index is 12.4. The average Bonchev–Trinajstić information content (AvgIpc) is 3.23. The number of nitrogens with zero attached hydrogens (tertiary/aromatic N) is 3. The van der Waals surface area contributed by atoms with Crippen LogP contribution in [0.3, 0.4) is 0 Å². The number of hydrogen-bond acceptors (Lipinski definition) is 4. The van der Waals surface area contributed by atoms with Gasteiger partial charge in [0.2, 0.25) is 5.91 Å². The van der Waals surface area contributed by atoms with Gasteiger partial charge in [0.15, 0.2) is 5.82 Å². The molecule has 4 rings (SSSR count). The number of carbonyl (C=O) groups excluding carboxylic acids is 1. The molecule has 7 heteroatoms. The third kappa shape index (κ3) is 3.59. The minimum Gasteiger partial charge on any atom is -0.338 e. The van der Waals surface area contributed by atoms with Gasteiger partial charge in [-0.1, -0.05) is 46.6 Å². The summed E-state index contributed by atoms with van der Waals surface area (Å²) in [6, 6.07) is 14.8. The monoisotopic (exact) mass is 387 g/mol. The molecular formula is C19H15Cl2N3O2. The largest absolute Gasteiger partial charge is 0.338 e. The van der Waals surface area contributed by atoms with Crippen molar-refractivity contribution in [2.45, 2.75) is 18.9 Å². The number of benzene rings is 2. The van der Waals surface area contributed by atoms with Gasteiger partial charge in [-0.3, -0.25) is 4.79 Å². The van der Waals surface area contributed by atoms with Crippen molar-refractivity contribution in [3.63, 3.8) is 0 Å². The van der Waals surface area contributed by atoms with E-state index in [9.17, 15) is 4.79 Å². The second kappa shape index (κ2) is 7.09. The van der Waals surface area contributed by atoms with Crippen LogP contribution in [0.25, 0.3) is 11.5 Å². The van der Waals surface area contributed by atoms with Gasteiger partial charge < -0.3 is 9.42 Å². The normalized spacial score (nSPS) is 17.1. The van der Waals surface area contributed by atoms with Gasteiger partial charge in [0.25, 0.3) is 5.89 Å². The van der Waals surface area contributed by atoms with Gasteiger partial charge in [0, 0.05) is 41.0 Å². The Labute approximate surface area is 160 Å². The zero-order chi connectivity index (χ0) is 18.1. The summed E-state index contributed by atoms with van der Waals surface area (Å²) in [5, 5.41) is 5.33. The fraction of sp³-hybridized carbons (Fsp3) is 0.211. The van der Waals surface area contributed by atoms with E-state index in [0.29, 0.717) is 41.3 Å². The van der Waals surface area contributed by atoms with E-state index in [-0.39, 0.29) is 11.8 Å². The Kier molecular flexibility index (Phi) is 4.66. The number of hydrogen-bond donors (Lipinski definition) is 0. The maximum Gasteiger partial charge on any atom is 0.257 e. The van der Waals surface area contributed by atoms with Gasteiger partial charge in [0.05, 0.1) is 0 Å². The average molecular weight is 388 g/mol. The van der Waals surface area contributed by atoms with E-state index >= 15 is 0 Å². The Morgan fingerprint density at radius 1 is 1.12 bits per heavy atom. The van der Waals surface area contributed by atoms with E-state index in [1.54, 1.807) is 17.0 Å². The first kappa shape index (κ1) is 17.1. The number of rotatable bonds is 4. The summed E-state index contributed by atoms with van der Waals surface area (Å²) in [5.74, 6) is 0.938. The molecular weight excluding hydrogens is 373 g/mol. The quantitative estimate of drug-likeness (QED) is 0.658. The Morgan fingerprint density at radius 3 is 2.65 bits per heavy atom. The molecule has 132 valence electrons. The number of halogens is 2. The molecule has 1 aliphatic heterocycles. The molecule has 1 fully saturated rings. The lowest BCUT2D eigenvalue weighted by Gasteiger charge is -2.16. The molecule has 3 aromatic rings. The van der Waals surface area contributed by atoms with Crippen molar-refractivity contribution in [2.75, 3.05) is 6.54 Å². The molecule has 1 atom stereocenters. The van der Waals surface area contributed by atoms with Crippen molar-refractivity contribution in [1.29, 1.82) is 0 Å². The highest BCUT2D eigenvalue weighted by Crippen LogP contribution is 2.30. The van der Waals surface area contributed by atoms with Gasteiger partial charge in [-0.15, -0.1) is 0 Å². The van der Waals surface area contributed by atoms with Crippen molar-refractivity contribution in [1.82, 2.24) is 15.0 Å². The molecule has 1 aromatic heterocycles. The number of carbonyl (C=O) groups is 1. The van der Waals surface area contributed by atoms with Gasteiger partial charge in [0.1, 0.15) is 0 Å². The second-order valence-electron chi connectivity index (χ2n) is 6.27. The lowest BCUT2D eigenvalue weighted by atomic mass is 10.1. The molecule has 2 heterocycles. The molecule has 1 unspecified atom stereocenters. The molecule has 0 bridgehead atoms. The molecule has 26 heavy (non-hydrogen) atoms. The second-order valence-corrected chi connectivity index (χ2v) is 7.15. The van der Waals surface area contributed by atoms with Crippen LogP contribution in [0, 0.1) is 0 Å². The number of amides is 1. The third-order valence-electron chi connectivity index (χ3n) is 4.36. The summed E-state index contributed by atoms with van der Waals surface area (Å²) in [5.41, 5.74) is 1.76. The topological polar surface area (TPSA) is 59.2 Å². The number of likely N-dealkylation sites (tertiary alicyclic amines) is 1. The molecule has 1 aliphatic rings. The van der Waals surface area contributed by atoms with Gasteiger partial charge in [-0.25, -0.2) is 0 Å². The van der Waals surface area contributed by atoms with Crippen LogP contribution >= 0.6 is 23.2 Å². The highest BCUT2D eigenvalue weighted by Gasteiger charge is 2.33. The van der Waals surface area contributed by atoms with Crippen molar-refractivity contribution < 1.29 is 9.32 Å². The molecule has 2 aromatic carbocycles. The third-order valence-corrected chi connectivity index (χ3v) is 4.83. The first-order valence-corrected chi connectivity index (χ1v) is 8.96. The Hall–Kier alpha value is -2.37. The Bertz CT molecular complexity index is 957. The zero-order valence-corrected chi connectivity index (χ0v) is 15.2. The smallest absolute Gasteiger partial charge is 0.257 e. The minimum absolute atomic E-state index is 0.0732. The first-order chi connectivity index (χ1) is 12.6. The fourth-order valence-corrected chi connectivity index (χ4v) is 3.50. The van der Waals surface area contributed by atoms with Crippen LogP contribution in [0.4, 0.5) is 0 Å². The van der Waals surface area contributed by atoms with Crippen LogP contribution in [0.2, 0.25) is 10.0 Å². The van der Waals surface area contributed by atoms with Crippen LogP contribution in [0.15, 0.2) is 53.1 Å². The summed E-state index contributed by atoms with van der Waals surface area (Å²) in [4.78, 5) is 18.6. The minimum atomic E-state index is -0.0848. The van der Waals surface area contributed by atoms with Crippen LogP contribution in [0.5, 0.6) is 0 Å². The van der Waals surface area contributed by atoms with E-state index in [1.807, 2.05) is 36.4 Å². The fourth-order valence-electron chi connectivity index (χ4n) is 3.09. The van der Waals surface area contributed by atoms with Gasteiger partial charge in [-0.2, -0.15) is 4.98 Å². The standard InChI is InChI=1S/C19H15Cl2N3O2/c20-15-5-1-3-12(7-15)10-24-11-14(9-17(24)25)18-22-19(26-23-18)13-4-2-6-16(21)8-13/h1-8,14H,9-11H2. The lowest BCUT2D eigenvalue weighted by Crippen LogP contribution is -2.24. The van der Waals surface area contributed by atoms with Gasteiger partial charge >= 0.3 is 0 Å². The molecule has 0 radical (unpaired) electrons. The van der Waals surface area contributed by atoms with Crippen LogP contribution < -0.4 is 0 Å². The Balaban J connectivity index is 1.49. The molecule has 0 saturated carbocycles. The van der Waals surface area contributed by atoms with E-state index < -0.39 is 0 Å². The number of aromatic nitrogens is 2.